The van der Waals surface area contributed by atoms with E-state index in [1.54, 1.807) is 6.33 Å². The van der Waals surface area contributed by atoms with Crippen molar-refractivity contribution in [3.63, 3.8) is 0 Å². The number of aromatic nitrogens is 3. The average molecular weight is 256 g/mol. The lowest BCUT2D eigenvalue weighted by molar-refractivity contribution is 0.369. The molecule has 0 amide bonds. The Balaban J connectivity index is 1.58. The fourth-order valence-corrected chi connectivity index (χ4v) is 3.90. The molecule has 1 N–H and O–H groups in total. The van der Waals surface area contributed by atoms with Crippen LogP contribution in [0.5, 0.6) is 0 Å². The van der Waals surface area contributed by atoms with Gasteiger partial charge in [-0.3, -0.25) is 0 Å². The number of anilines is 1. The molecule has 1 saturated carbocycles. The Morgan fingerprint density at radius 3 is 2.89 bits per heavy atom. The van der Waals surface area contributed by atoms with Crippen LogP contribution >= 0.6 is 0 Å². The summed E-state index contributed by atoms with van der Waals surface area (Å²) in [6, 6.07) is 2.09. The molecule has 4 rings (SSSR count). The Hall–Kier alpha value is -1.58. The zero-order chi connectivity index (χ0) is 12.7. The molecule has 2 aromatic rings. The smallest absolute Gasteiger partial charge is 0.142 e. The molecule has 19 heavy (non-hydrogen) atoms. The van der Waals surface area contributed by atoms with Crippen LogP contribution < -0.4 is 4.90 Å². The number of hydrogen-bond acceptors (Lipinski definition) is 3. The Bertz CT molecular complexity index is 570. The van der Waals surface area contributed by atoms with Crippen LogP contribution in [0.1, 0.15) is 32.1 Å². The Labute approximate surface area is 113 Å². The lowest BCUT2D eigenvalue weighted by Crippen LogP contribution is -2.23. The number of rotatable bonds is 2. The maximum atomic E-state index is 4.52. The maximum absolute atomic E-state index is 4.52. The molecule has 0 aromatic carbocycles. The summed E-state index contributed by atoms with van der Waals surface area (Å²) < 4.78 is 0. The fraction of sp³-hybridized carbons (Fsp3) is 0.600. The van der Waals surface area contributed by atoms with Crippen LogP contribution in [0.25, 0.3) is 11.0 Å². The second kappa shape index (κ2) is 4.51. The highest BCUT2D eigenvalue weighted by Gasteiger charge is 2.32. The number of nitrogens with one attached hydrogen (secondary N) is 1. The normalized spacial score (nSPS) is 24.6. The Morgan fingerprint density at radius 1 is 1.11 bits per heavy atom. The van der Waals surface area contributed by atoms with Gasteiger partial charge in [-0.2, -0.15) is 0 Å². The highest BCUT2D eigenvalue weighted by atomic mass is 15.2. The van der Waals surface area contributed by atoms with Gasteiger partial charge in [-0.05, 0) is 24.3 Å². The summed E-state index contributed by atoms with van der Waals surface area (Å²) in [5.74, 6) is 2.96. The van der Waals surface area contributed by atoms with Gasteiger partial charge in [0, 0.05) is 19.3 Å². The maximum Gasteiger partial charge on any atom is 0.142 e. The zero-order valence-electron chi connectivity index (χ0n) is 11.2. The molecule has 0 spiro atoms. The van der Waals surface area contributed by atoms with Crippen molar-refractivity contribution >= 4 is 16.9 Å². The minimum Gasteiger partial charge on any atom is -0.356 e. The Morgan fingerprint density at radius 2 is 2.00 bits per heavy atom. The van der Waals surface area contributed by atoms with E-state index in [1.807, 2.05) is 6.20 Å². The highest BCUT2D eigenvalue weighted by molar-refractivity contribution is 5.87. The lowest BCUT2D eigenvalue weighted by atomic mass is 9.90. The predicted molar refractivity (Wildman–Crippen MR) is 76.2 cm³/mol. The standard InChI is InChI=1S/C15H20N4/c1-2-4-11(3-1)12-6-8-19(9-12)15-13-5-7-16-14(13)17-10-18-15/h5,7,10-12H,1-4,6,8-9H2,(H,16,17,18). The molecular weight excluding hydrogens is 236 g/mol. The number of nitrogens with zero attached hydrogens (tertiary/aromatic N) is 3. The van der Waals surface area contributed by atoms with E-state index in [-0.39, 0.29) is 0 Å². The van der Waals surface area contributed by atoms with E-state index in [1.165, 1.54) is 38.6 Å². The van der Waals surface area contributed by atoms with Crippen molar-refractivity contribution in [3.8, 4) is 0 Å². The SMILES string of the molecule is c1nc(N2CCC(C3CCCC3)C2)c2cc[nH]c2n1. The zero-order valence-corrected chi connectivity index (χ0v) is 11.2. The molecule has 1 atom stereocenters. The Kier molecular flexibility index (Phi) is 2.67. The van der Waals surface area contributed by atoms with Crippen LogP contribution in [0.2, 0.25) is 0 Å². The van der Waals surface area contributed by atoms with Gasteiger partial charge in [-0.15, -0.1) is 0 Å². The van der Waals surface area contributed by atoms with Gasteiger partial charge in [0.1, 0.15) is 17.8 Å². The van der Waals surface area contributed by atoms with E-state index in [0.29, 0.717) is 0 Å². The van der Waals surface area contributed by atoms with Crippen molar-refractivity contribution in [2.24, 2.45) is 11.8 Å². The highest BCUT2D eigenvalue weighted by Crippen LogP contribution is 2.38. The molecule has 1 unspecified atom stereocenters. The number of fused-ring (bicyclic) bond motifs is 1. The molecule has 1 aliphatic carbocycles. The van der Waals surface area contributed by atoms with Crippen molar-refractivity contribution < 1.29 is 0 Å². The monoisotopic (exact) mass is 256 g/mol. The molecule has 0 radical (unpaired) electrons. The average Bonchev–Trinajstić information content (AvgIpc) is 3.18. The second-order valence-corrected chi connectivity index (χ2v) is 5.98. The molecule has 2 aliphatic rings. The minimum absolute atomic E-state index is 0.881. The van der Waals surface area contributed by atoms with Gasteiger partial charge in [0.25, 0.3) is 0 Å². The topological polar surface area (TPSA) is 44.8 Å². The molecule has 4 heteroatoms. The van der Waals surface area contributed by atoms with Gasteiger partial charge in [-0.25, -0.2) is 9.97 Å². The third-order valence-corrected chi connectivity index (χ3v) is 4.92. The quantitative estimate of drug-likeness (QED) is 0.898. The van der Waals surface area contributed by atoms with Gasteiger partial charge in [0.15, 0.2) is 0 Å². The molecule has 4 nitrogen and oxygen atoms in total. The summed E-state index contributed by atoms with van der Waals surface area (Å²) >= 11 is 0. The third kappa shape index (κ3) is 1.90. The van der Waals surface area contributed by atoms with E-state index >= 15 is 0 Å². The first-order valence-electron chi connectivity index (χ1n) is 7.45. The molecule has 2 fully saturated rings. The molecule has 1 saturated heterocycles. The van der Waals surface area contributed by atoms with Crippen molar-refractivity contribution in [1.29, 1.82) is 0 Å². The first-order chi connectivity index (χ1) is 9.42. The molecule has 2 aromatic heterocycles. The van der Waals surface area contributed by atoms with Gasteiger partial charge >= 0.3 is 0 Å². The second-order valence-electron chi connectivity index (χ2n) is 5.98. The molecule has 3 heterocycles. The van der Waals surface area contributed by atoms with Crippen LogP contribution in [0.4, 0.5) is 5.82 Å². The van der Waals surface area contributed by atoms with E-state index < -0.39 is 0 Å². The van der Waals surface area contributed by atoms with Crippen LogP contribution in [-0.4, -0.2) is 28.0 Å². The largest absolute Gasteiger partial charge is 0.356 e. The van der Waals surface area contributed by atoms with Gasteiger partial charge in [-0.1, -0.05) is 25.7 Å². The minimum atomic E-state index is 0.881. The molecule has 100 valence electrons. The van der Waals surface area contributed by atoms with Crippen LogP contribution in [-0.2, 0) is 0 Å². The van der Waals surface area contributed by atoms with E-state index in [0.717, 1.165) is 35.2 Å². The van der Waals surface area contributed by atoms with Crippen LogP contribution in [0.3, 0.4) is 0 Å². The summed E-state index contributed by atoms with van der Waals surface area (Å²) in [5, 5.41) is 1.16. The summed E-state index contributed by atoms with van der Waals surface area (Å²) in [5.41, 5.74) is 0.953. The summed E-state index contributed by atoms with van der Waals surface area (Å²) in [4.78, 5) is 14.4. The van der Waals surface area contributed by atoms with Gasteiger partial charge in [0.05, 0.1) is 5.39 Å². The summed E-state index contributed by atoms with van der Waals surface area (Å²) in [6.45, 7) is 2.33. The number of aromatic amines is 1. The van der Waals surface area contributed by atoms with E-state index in [2.05, 4.69) is 25.9 Å². The number of H-pyrrole nitrogens is 1. The number of hydrogen-bond donors (Lipinski definition) is 1. The third-order valence-electron chi connectivity index (χ3n) is 4.92. The molecular formula is C15H20N4. The van der Waals surface area contributed by atoms with E-state index in [4.69, 9.17) is 0 Å². The van der Waals surface area contributed by atoms with E-state index in [9.17, 15) is 0 Å². The lowest BCUT2D eigenvalue weighted by Gasteiger charge is -2.20. The van der Waals surface area contributed by atoms with Crippen molar-refractivity contribution in [2.45, 2.75) is 32.1 Å². The fourth-order valence-electron chi connectivity index (χ4n) is 3.90. The summed E-state index contributed by atoms with van der Waals surface area (Å²) in [6.07, 6.45) is 10.7. The van der Waals surface area contributed by atoms with Crippen molar-refractivity contribution in [3.05, 3.63) is 18.6 Å². The van der Waals surface area contributed by atoms with Gasteiger partial charge < -0.3 is 9.88 Å². The first-order valence-corrected chi connectivity index (χ1v) is 7.45. The first kappa shape index (κ1) is 11.3. The summed E-state index contributed by atoms with van der Waals surface area (Å²) in [7, 11) is 0. The van der Waals surface area contributed by atoms with Crippen LogP contribution in [0.15, 0.2) is 18.6 Å². The van der Waals surface area contributed by atoms with Crippen molar-refractivity contribution in [1.82, 2.24) is 15.0 Å². The van der Waals surface area contributed by atoms with Gasteiger partial charge in [0.2, 0.25) is 0 Å². The molecule has 1 aliphatic heterocycles. The molecule has 0 bridgehead atoms. The van der Waals surface area contributed by atoms with Crippen LogP contribution in [0, 0.1) is 11.8 Å². The van der Waals surface area contributed by atoms with Crippen molar-refractivity contribution in [2.75, 3.05) is 18.0 Å². The predicted octanol–water partition coefficient (Wildman–Crippen LogP) is 2.97.